The van der Waals surface area contributed by atoms with E-state index in [-0.39, 0.29) is 15.2 Å². The summed E-state index contributed by atoms with van der Waals surface area (Å²) in [6, 6.07) is 7.57. The predicted molar refractivity (Wildman–Crippen MR) is 72.8 cm³/mol. The lowest BCUT2D eigenvalue weighted by Gasteiger charge is -2.18. The van der Waals surface area contributed by atoms with Gasteiger partial charge in [0.2, 0.25) is 0 Å². The van der Waals surface area contributed by atoms with Gasteiger partial charge in [-0.05, 0) is 43.8 Å². The highest BCUT2D eigenvalue weighted by molar-refractivity contribution is 7.67. The first kappa shape index (κ1) is 12.3. The molecule has 2 aromatic rings. The molecule has 1 heterocycles. The number of rotatable bonds is 1. The molecule has 0 saturated carbocycles. The van der Waals surface area contributed by atoms with Gasteiger partial charge in [0.25, 0.3) is 0 Å². The maximum atomic E-state index is 11.5. The number of hydrogen-bond donors (Lipinski definition) is 0. The maximum Gasteiger partial charge on any atom is 0.325 e. The second-order valence-corrected chi connectivity index (χ2v) is 6.86. The molecule has 0 aliphatic heterocycles. The summed E-state index contributed by atoms with van der Waals surface area (Å²) in [5.41, 5.74) is 1.90. The van der Waals surface area contributed by atoms with Crippen LogP contribution in [0.1, 0.15) is 26.3 Å². The van der Waals surface area contributed by atoms with Gasteiger partial charge in [-0.25, -0.2) is 4.57 Å². The smallest absolute Gasteiger partial charge is 0.255 e. The average Bonchev–Trinajstić information content (AvgIpc) is 2.58. The van der Waals surface area contributed by atoms with Crippen molar-refractivity contribution in [2.75, 3.05) is 0 Å². The summed E-state index contributed by atoms with van der Waals surface area (Å²) < 4.78 is 1.21. The zero-order valence-corrected chi connectivity index (χ0v) is 11.5. The van der Waals surface area contributed by atoms with Crippen molar-refractivity contribution >= 4 is 20.7 Å². The van der Waals surface area contributed by atoms with Crippen molar-refractivity contribution < 1.29 is 0 Å². The van der Waals surface area contributed by atoms with Gasteiger partial charge in [-0.15, -0.1) is 0 Å². The van der Waals surface area contributed by atoms with Gasteiger partial charge in [0, 0.05) is 0 Å². The molecule has 0 saturated heterocycles. The quantitative estimate of drug-likeness (QED) is 0.745. The Morgan fingerprint density at radius 1 is 0.941 bits per heavy atom. The Hall–Kier alpha value is -1.20. The first-order valence-corrected chi connectivity index (χ1v) is 7.38. The van der Waals surface area contributed by atoms with Crippen molar-refractivity contribution in [3.8, 4) is 5.69 Å². The van der Waals surface area contributed by atoms with Gasteiger partial charge < -0.3 is 0 Å². The van der Waals surface area contributed by atoms with Crippen LogP contribution in [0, 0.1) is 0 Å². The summed E-state index contributed by atoms with van der Waals surface area (Å²) in [7, 11) is 1.94. The van der Waals surface area contributed by atoms with E-state index in [0.29, 0.717) is 5.69 Å². The highest BCUT2D eigenvalue weighted by Crippen LogP contribution is 2.22. The van der Waals surface area contributed by atoms with Crippen LogP contribution in [-0.2, 0) is 5.41 Å². The minimum absolute atomic E-state index is 0.0705. The van der Waals surface area contributed by atoms with Crippen molar-refractivity contribution in [3.63, 3.8) is 0 Å². The fourth-order valence-corrected chi connectivity index (χ4v) is 3.14. The molecule has 0 fully saturated rings. The molecule has 0 N–H and O–H groups in total. The lowest BCUT2D eigenvalue weighted by atomic mass is 9.87. The molecule has 1 aromatic carbocycles. The first-order chi connectivity index (χ1) is 7.89. The molecule has 0 bridgehead atoms. The highest BCUT2D eigenvalue weighted by Gasteiger charge is 2.14. The Balaban J connectivity index is 2.51. The molecule has 0 amide bonds. The molecule has 0 aliphatic rings. The van der Waals surface area contributed by atoms with E-state index >= 15 is 0 Å². The van der Waals surface area contributed by atoms with E-state index in [1.165, 1.54) is 10.1 Å². The van der Waals surface area contributed by atoms with E-state index in [2.05, 4.69) is 20.8 Å². The Kier molecular flexibility index (Phi) is 3.05. The molecule has 3 nitrogen and oxygen atoms in total. The zero-order valence-electron chi connectivity index (χ0n) is 9.89. The monoisotopic (exact) mass is 267 g/mol. The van der Waals surface area contributed by atoms with Crippen LogP contribution in [0.2, 0.25) is 0 Å². The molecular weight excluding hydrogens is 254 g/mol. The topological polar surface area (TPSA) is 39.1 Å². The fraction of sp³-hybridized carbons (Fsp3) is 0.333. The summed E-state index contributed by atoms with van der Waals surface area (Å²) in [6.07, 6.45) is 0. The van der Waals surface area contributed by atoms with Crippen LogP contribution in [0.15, 0.2) is 33.9 Å². The standard InChI is InChI=1S/C12H13NO2S2/c1-12(2,3)8-4-6-9(7-5-8)13-10(14)16-17-11(13)15/h4-7H,1-3H3. The van der Waals surface area contributed by atoms with E-state index in [0.717, 1.165) is 20.7 Å². The minimum Gasteiger partial charge on any atom is -0.255 e. The summed E-state index contributed by atoms with van der Waals surface area (Å²) >= 11 is 0. The maximum absolute atomic E-state index is 11.5. The number of hydrogen-bond acceptors (Lipinski definition) is 4. The molecule has 90 valence electrons. The molecule has 0 atom stereocenters. The number of benzene rings is 1. The largest absolute Gasteiger partial charge is 0.325 e. The molecule has 0 spiro atoms. The second-order valence-electron chi connectivity index (χ2n) is 4.83. The van der Waals surface area contributed by atoms with Crippen LogP contribution >= 0.6 is 20.7 Å². The van der Waals surface area contributed by atoms with Crippen molar-refractivity contribution in [1.29, 1.82) is 0 Å². The molecule has 0 unspecified atom stereocenters. The van der Waals surface area contributed by atoms with Crippen LogP contribution in [-0.4, -0.2) is 4.57 Å². The van der Waals surface area contributed by atoms with Crippen LogP contribution in [0.4, 0.5) is 0 Å². The molecule has 5 heteroatoms. The SMILES string of the molecule is CC(C)(C)c1ccc(-n2c(=O)ssc2=O)cc1. The van der Waals surface area contributed by atoms with Crippen molar-refractivity contribution in [3.05, 3.63) is 49.2 Å². The van der Waals surface area contributed by atoms with Gasteiger partial charge in [0.15, 0.2) is 0 Å². The Bertz CT molecular complexity index is 599. The normalized spacial score (nSPS) is 11.7. The predicted octanol–water partition coefficient (Wildman–Crippen LogP) is 2.62. The third-order valence-corrected chi connectivity index (χ3v) is 4.38. The minimum atomic E-state index is -0.219. The van der Waals surface area contributed by atoms with E-state index in [4.69, 9.17) is 0 Å². The van der Waals surface area contributed by atoms with Crippen molar-refractivity contribution in [2.45, 2.75) is 26.2 Å². The van der Waals surface area contributed by atoms with Gasteiger partial charge in [0.1, 0.15) is 0 Å². The summed E-state index contributed by atoms with van der Waals surface area (Å²) in [5, 5.41) is 0. The Morgan fingerprint density at radius 3 is 1.82 bits per heavy atom. The van der Waals surface area contributed by atoms with Crippen molar-refractivity contribution in [1.82, 2.24) is 4.57 Å². The lowest BCUT2D eigenvalue weighted by molar-refractivity contribution is 0.590. The van der Waals surface area contributed by atoms with E-state index in [9.17, 15) is 9.59 Å². The van der Waals surface area contributed by atoms with Gasteiger partial charge in [-0.3, -0.25) is 9.59 Å². The third kappa shape index (κ3) is 2.40. The summed E-state index contributed by atoms with van der Waals surface area (Å²) in [4.78, 5) is 22.6. The highest BCUT2D eigenvalue weighted by atomic mass is 32.9. The van der Waals surface area contributed by atoms with Crippen LogP contribution in [0.25, 0.3) is 5.69 Å². The van der Waals surface area contributed by atoms with Crippen LogP contribution in [0.3, 0.4) is 0 Å². The van der Waals surface area contributed by atoms with E-state index < -0.39 is 0 Å². The van der Waals surface area contributed by atoms with E-state index in [1.807, 2.05) is 24.3 Å². The molecular formula is C12H13NO2S2. The van der Waals surface area contributed by atoms with Crippen LogP contribution < -0.4 is 9.75 Å². The van der Waals surface area contributed by atoms with Gasteiger partial charge in [-0.2, -0.15) is 0 Å². The molecule has 0 aliphatic carbocycles. The molecule has 1 aromatic heterocycles. The van der Waals surface area contributed by atoms with Gasteiger partial charge in [-0.1, -0.05) is 32.9 Å². The average molecular weight is 267 g/mol. The Morgan fingerprint density at radius 2 is 1.41 bits per heavy atom. The van der Waals surface area contributed by atoms with Gasteiger partial charge >= 0.3 is 9.75 Å². The number of aromatic nitrogens is 1. The molecule has 2 rings (SSSR count). The Labute approximate surface area is 106 Å². The van der Waals surface area contributed by atoms with E-state index in [1.54, 1.807) is 0 Å². The number of nitrogens with zero attached hydrogens (tertiary/aromatic N) is 1. The van der Waals surface area contributed by atoms with Crippen LogP contribution in [0.5, 0.6) is 0 Å². The molecule has 17 heavy (non-hydrogen) atoms. The second kappa shape index (κ2) is 4.23. The first-order valence-electron chi connectivity index (χ1n) is 5.23. The zero-order chi connectivity index (χ0) is 12.6. The molecule has 0 radical (unpaired) electrons. The van der Waals surface area contributed by atoms with Gasteiger partial charge in [0.05, 0.1) is 5.69 Å². The van der Waals surface area contributed by atoms with Crippen molar-refractivity contribution in [2.24, 2.45) is 0 Å². The summed E-state index contributed by atoms with van der Waals surface area (Å²) in [6.45, 7) is 6.37. The lowest BCUT2D eigenvalue weighted by Crippen LogP contribution is -2.22. The third-order valence-electron chi connectivity index (χ3n) is 2.54. The fourth-order valence-electron chi connectivity index (χ4n) is 1.54. The summed E-state index contributed by atoms with van der Waals surface area (Å²) in [5.74, 6) is 0.